The highest BCUT2D eigenvalue weighted by Crippen LogP contribution is 2.18. The van der Waals surface area contributed by atoms with Gasteiger partial charge in [-0.05, 0) is 37.6 Å². The quantitative estimate of drug-likeness (QED) is 0.749. The van der Waals surface area contributed by atoms with Crippen LogP contribution < -0.4 is 10.6 Å². The molecule has 3 rings (SSSR count). The van der Waals surface area contributed by atoms with Gasteiger partial charge in [0.1, 0.15) is 0 Å². The van der Waals surface area contributed by atoms with E-state index in [2.05, 4.69) is 20.8 Å². The third kappa shape index (κ3) is 2.22. The number of nitrogens with zero attached hydrogens (tertiary/aromatic N) is 1. The van der Waals surface area contributed by atoms with Gasteiger partial charge in [-0.2, -0.15) is 5.10 Å². The molecule has 0 radical (unpaired) electrons. The fourth-order valence-electron chi connectivity index (χ4n) is 2.33. The molecule has 1 aliphatic heterocycles. The number of amides is 1. The molecule has 5 nitrogen and oxygen atoms in total. The van der Waals surface area contributed by atoms with Crippen LogP contribution >= 0.6 is 0 Å². The standard InChI is InChI=1S/C13H16N4O/c18-13(10-2-1-5-14-7-10)16-11-4-3-9-8-15-17-12(9)6-11/h3-4,6,8,10,14H,1-2,5,7H2,(H,15,17)(H,16,18). The number of piperidine rings is 1. The molecule has 1 saturated heterocycles. The van der Waals surface area contributed by atoms with Crippen molar-refractivity contribution < 1.29 is 4.79 Å². The number of H-pyrrole nitrogens is 1. The minimum absolute atomic E-state index is 0.0798. The molecule has 1 aromatic heterocycles. The third-order valence-corrected chi connectivity index (χ3v) is 3.38. The smallest absolute Gasteiger partial charge is 0.228 e. The molecule has 1 fully saturated rings. The zero-order valence-electron chi connectivity index (χ0n) is 10.1. The maximum Gasteiger partial charge on any atom is 0.228 e. The maximum absolute atomic E-state index is 12.1. The highest BCUT2D eigenvalue weighted by molar-refractivity contribution is 5.94. The van der Waals surface area contributed by atoms with Crippen LogP contribution in [0.2, 0.25) is 0 Å². The highest BCUT2D eigenvalue weighted by Gasteiger charge is 2.20. The van der Waals surface area contributed by atoms with Crippen LogP contribution in [0, 0.1) is 5.92 Å². The number of carbonyl (C=O) groups excluding carboxylic acids is 1. The number of aromatic amines is 1. The first kappa shape index (κ1) is 11.2. The first-order valence-corrected chi connectivity index (χ1v) is 6.27. The van der Waals surface area contributed by atoms with E-state index >= 15 is 0 Å². The predicted octanol–water partition coefficient (Wildman–Crippen LogP) is 1.50. The van der Waals surface area contributed by atoms with Crippen molar-refractivity contribution in [2.24, 2.45) is 5.92 Å². The van der Waals surface area contributed by atoms with Crippen LogP contribution in [0.1, 0.15) is 12.8 Å². The van der Waals surface area contributed by atoms with Crippen LogP contribution in [0.5, 0.6) is 0 Å². The number of aromatic nitrogens is 2. The summed E-state index contributed by atoms with van der Waals surface area (Å²) >= 11 is 0. The van der Waals surface area contributed by atoms with Gasteiger partial charge >= 0.3 is 0 Å². The lowest BCUT2D eigenvalue weighted by molar-refractivity contribution is -0.120. The second-order valence-electron chi connectivity index (χ2n) is 4.70. The Bertz CT molecular complexity index is 557. The van der Waals surface area contributed by atoms with Crippen LogP contribution in [0.4, 0.5) is 5.69 Å². The van der Waals surface area contributed by atoms with Crippen molar-refractivity contribution in [2.75, 3.05) is 18.4 Å². The van der Waals surface area contributed by atoms with Crippen molar-refractivity contribution in [2.45, 2.75) is 12.8 Å². The second kappa shape index (κ2) is 4.78. The van der Waals surface area contributed by atoms with Gasteiger partial charge in [0.2, 0.25) is 5.91 Å². The van der Waals surface area contributed by atoms with E-state index in [-0.39, 0.29) is 11.8 Å². The topological polar surface area (TPSA) is 69.8 Å². The van der Waals surface area contributed by atoms with Crippen molar-refractivity contribution in [1.82, 2.24) is 15.5 Å². The van der Waals surface area contributed by atoms with E-state index in [4.69, 9.17) is 0 Å². The molecule has 1 aromatic carbocycles. The normalized spacial score (nSPS) is 19.9. The van der Waals surface area contributed by atoms with E-state index in [1.54, 1.807) is 6.20 Å². The molecule has 0 spiro atoms. The number of hydrogen-bond donors (Lipinski definition) is 3. The minimum atomic E-state index is 0.0798. The Morgan fingerprint density at radius 1 is 1.44 bits per heavy atom. The predicted molar refractivity (Wildman–Crippen MR) is 70.3 cm³/mol. The van der Waals surface area contributed by atoms with Crippen LogP contribution in [0.3, 0.4) is 0 Å². The Labute approximate surface area is 105 Å². The lowest BCUT2D eigenvalue weighted by Gasteiger charge is -2.21. The molecule has 2 heterocycles. The average Bonchev–Trinajstić information content (AvgIpc) is 2.87. The number of carbonyl (C=O) groups is 1. The van der Waals surface area contributed by atoms with Crippen molar-refractivity contribution in [3.8, 4) is 0 Å². The van der Waals surface area contributed by atoms with Crippen LogP contribution in [-0.2, 0) is 4.79 Å². The first-order valence-electron chi connectivity index (χ1n) is 6.27. The first-order chi connectivity index (χ1) is 8.83. The van der Waals surface area contributed by atoms with Gasteiger partial charge in [0, 0.05) is 17.6 Å². The summed E-state index contributed by atoms with van der Waals surface area (Å²) in [5.41, 5.74) is 1.76. The van der Waals surface area contributed by atoms with E-state index in [1.807, 2.05) is 18.2 Å². The van der Waals surface area contributed by atoms with E-state index in [0.717, 1.165) is 42.5 Å². The van der Waals surface area contributed by atoms with Gasteiger partial charge in [0.05, 0.1) is 17.6 Å². The van der Waals surface area contributed by atoms with Gasteiger partial charge in [0.15, 0.2) is 0 Å². The molecule has 18 heavy (non-hydrogen) atoms. The van der Waals surface area contributed by atoms with Crippen LogP contribution in [0.15, 0.2) is 24.4 Å². The van der Waals surface area contributed by atoms with Gasteiger partial charge in [-0.15, -0.1) is 0 Å². The Kier molecular flexibility index (Phi) is 2.98. The minimum Gasteiger partial charge on any atom is -0.326 e. The van der Waals surface area contributed by atoms with Crippen molar-refractivity contribution in [3.05, 3.63) is 24.4 Å². The summed E-state index contributed by atoms with van der Waals surface area (Å²) < 4.78 is 0. The Morgan fingerprint density at radius 3 is 3.22 bits per heavy atom. The third-order valence-electron chi connectivity index (χ3n) is 3.38. The molecular weight excluding hydrogens is 228 g/mol. The largest absolute Gasteiger partial charge is 0.326 e. The average molecular weight is 244 g/mol. The molecule has 0 saturated carbocycles. The summed E-state index contributed by atoms with van der Waals surface area (Å²) in [6.45, 7) is 1.79. The summed E-state index contributed by atoms with van der Waals surface area (Å²) in [6, 6.07) is 5.77. The van der Waals surface area contributed by atoms with E-state index in [9.17, 15) is 4.79 Å². The van der Waals surface area contributed by atoms with Crippen molar-refractivity contribution in [3.63, 3.8) is 0 Å². The van der Waals surface area contributed by atoms with Crippen molar-refractivity contribution in [1.29, 1.82) is 0 Å². The molecule has 1 unspecified atom stereocenters. The summed E-state index contributed by atoms with van der Waals surface area (Å²) in [7, 11) is 0. The molecular formula is C13H16N4O. The van der Waals surface area contributed by atoms with E-state index in [0.29, 0.717) is 0 Å². The zero-order chi connectivity index (χ0) is 12.4. The number of nitrogens with one attached hydrogen (secondary N) is 3. The summed E-state index contributed by atoms with van der Waals surface area (Å²) in [4.78, 5) is 12.1. The van der Waals surface area contributed by atoms with Gasteiger partial charge < -0.3 is 10.6 Å². The SMILES string of the molecule is O=C(Nc1ccc2cn[nH]c2c1)C1CCCNC1. The van der Waals surface area contributed by atoms with Crippen LogP contribution in [-0.4, -0.2) is 29.2 Å². The van der Waals surface area contributed by atoms with Gasteiger partial charge in [0.25, 0.3) is 0 Å². The number of rotatable bonds is 2. The second-order valence-corrected chi connectivity index (χ2v) is 4.70. The summed E-state index contributed by atoms with van der Waals surface area (Å²) in [6.07, 6.45) is 3.80. The Hall–Kier alpha value is -1.88. The number of fused-ring (bicyclic) bond motifs is 1. The molecule has 1 atom stereocenters. The van der Waals surface area contributed by atoms with Gasteiger partial charge in [-0.25, -0.2) is 0 Å². The fourth-order valence-corrected chi connectivity index (χ4v) is 2.33. The summed E-state index contributed by atoms with van der Waals surface area (Å²) in [5.74, 6) is 0.178. The molecule has 5 heteroatoms. The monoisotopic (exact) mass is 244 g/mol. The highest BCUT2D eigenvalue weighted by atomic mass is 16.1. The molecule has 3 N–H and O–H groups in total. The van der Waals surface area contributed by atoms with Gasteiger partial charge in [-0.1, -0.05) is 0 Å². The van der Waals surface area contributed by atoms with Crippen molar-refractivity contribution >= 4 is 22.5 Å². The number of hydrogen-bond acceptors (Lipinski definition) is 3. The maximum atomic E-state index is 12.1. The number of benzene rings is 1. The van der Waals surface area contributed by atoms with E-state index < -0.39 is 0 Å². The Balaban J connectivity index is 1.72. The Morgan fingerprint density at radius 2 is 2.39 bits per heavy atom. The van der Waals surface area contributed by atoms with E-state index in [1.165, 1.54) is 0 Å². The lowest BCUT2D eigenvalue weighted by atomic mass is 9.99. The molecule has 0 aliphatic carbocycles. The summed E-state index contributed by atoms with van der Waals surface area (Å²) in [5, 5.41) is 14.1. The number of anilines is 1. The molecule has 94 valence electrons. The fraction of sp³-hybridized carbons (Fsp3) is 0.385. The molecule has 0 bridgehead atoms. The molecule has 1 aliphatic rings. The molecule has 2 aromatic rings. The lowest BCUT2D eigenvalue weighted by Crippen LogP contribution is -2.37. The zero-order valence-corrected chi connectivity index (χ0v) is 10.1. The van der Waals surface area contributed by atoms with Crippen LogP contribution in [0.25, 0.3) is 10.9 Å². The molecule has 1 amide bonds. The van der Waals surface area contributed by atoms with Gasteiger partial charge in [-0.3, -0.25) is 9.89 Å².